The first-order valence-corrected chi connectivity index (χ1v) is 6.05. The number of esters is 1. The second-order valence-corrected chi connectivity index (χ2v) is 4.56. The maximum Gasteiger partial charge on any atom is 0.310 e. The monoisotopic (exact) mass is 247 g/mol. The van der Waals surface area contributed by atoms with Crippen molar-refractivity contribution in [1.29, 1.82) is 0 Å². The van der Waals surface area contributed by atoms with Gasteiger partial charge in [-0.1, -0.05) is 30.3 Å². The van der Waals surface area contributed by atoms with Gasteiger partial charge in [0.15, 0.2) is 0 Å². The van der Waals surface area contributed by atoms with Crippen LogP contribution in [0.1, 0.15) is 24.9 Å². The molecule has 2 rings (SSSR count). The van der Waals surface area contributed by atoms with Crippen LogP contribution in [0.4, 0.5) is 0 Å². The number of likely N-dealkylation sites (tertiary alicyclic amines) is 1. The van der Waals surface area contributed by atoms with Gasteiger partial charge in [-0.05, 0) is 12.5 Å². The minimum Gasteiger partial charge on any atom is -0.469 e. The molecule has 0 bridgehead atoms. The average Bonchev–Trinajstić information content (AvgIpc) is 2.80. The molecule has 0 radical (unpaired) electrons. The number of nitrogens with zero attached hydrogens (tertiary/aromatic N) is 1. The molecule has 1 aliphatic heterocycles. The maximum atomic E-state index is 11.9. The average molecular weight is 247 g/mol. The third kappa shape index (κ3) is 2.37. The van der Waals surface area contributed by atoms with Gasteiger partial charge >= 0.3 is 5.97 Å². The van der Waals surface area contributed by atoms with Crippen LogP contribution in [0.3, 0.4) is 0 Å². The lowest BCUT2D eigenvalue weighted by Gasteiger charge is -2.25. The third-order valence-electron chi connectivity index (χ3n) is 3.44. The highest BCUT2D eigenvalue weighted by Gasteiger charge is 2.37. The molecule has 1 saturated heterocycles. The van der Waals surface area contributed by atoms with Gasteiger partial charge < -0.3 is 9.64 Å². The van der Waals surface area contributed by atoms with Crippen molar-refractivity contribution in [3.8, 4) is 0 Å². The van der Waals surface area contributed by atoms with Crippen molar-refractivity contribution in [3.63, 3.8) is 0 Å². The van der Waals surface area contributed by atoms with Crippen LogP contribution in [0, 0.1) is 5.92 Å². The smallest absolute Gasteiger partial charge is 0.310 e. The standard InChI is InChI=1S/C14H17NO3/c1-10(11-6-4-3-5-7-11)15-9-12(8-13(15)16)14(17)18-2/h3-7,10,12H,8-9H2,1-2H3/t10-,12-/m0/s1. The SMILES string of the molecule is COC(=O)[C@H]1CC(=O)N([C@@H](C)c2ccccc2)C1. The van der Waals surface area contributed by atoms with E-state index in [9.17, 15) is 9.59 Å². The van der Waals surface area contributed by atoms with E-state index in [4.69, 9.17) is 4.74 Å². The van der Waals surface area contributed by atoms with E-state index in [1.807, 2.05) is 37.3 Å². The van der Waals surface area contributed by atoms with Crippen LogP contribution in [0.2, 0.25) is 0 Å². The third-order valence-corrected chi connectivity index (χ3v) is 3.44. The van der Waals surface area contributed by atoms with Crippen molar-refractivity contribution in [1.82, 2.24) is 4.90 Å². The van der Waals surface area contributed by atoms with Gasteiger partial charge in [0, 0.05) is 13.0 Å². The summed E-state index contributed by atoms with van der Waals surface area (Å²) in [6.07, 6.45) is 0.254. The Labute approximate surface area is 107 Å². The van der Waals surface area contributed by atoms with Gasteiger partial charge in [-0.3, -0.25) is 9.59 Å². The van der Waals surface area contributed by atoms with Gasteiger partial charge in [-0.15, -0.1) is 0 Å². The van der Waals surface area contributed by atoms with Crippen molar-refractivity contribution >= 4 is 11.9 Å². The van der Waals surface area contributed by atoms with Gasteiger partial charge in [-0.2, -0.15) is 0 Å². The molecular weight excluding hydrogens is 230 g/mol. The maximum absolute atomic E-state index is 11.9. The summed E-state index contributed by atoms with van der Waals surface area (Å²) in [7, 11) is 1.36. The Morgan fingerprint density at radius 3 is 2.67 bits per heavy atom. The van der Waals surface area contributed by atoms with Crippen LogP contribution >= 0.6 is 0 Å². The Morgan fingerprint density at radius 2 is 2.06 bits per heavy atom. The van der Waals surface area contributed by atoms with Crippen LogP contribution in [-0.2, 0) is 14.3 Å². The van der Waals surface area contributed by atoms with Crippen molar-refractivity contribution in [2.45, 2.75) is 19.4 Å². The van der Waals surface area contributed by atoms with Crippen LogP contribution in [0.5, 0.6) is 0 Å². The Bertz CT molecular complexity index is 444. The van der Waals surface area contributed by atoms with Gasteiger partial charge in [0.1, 0.15) is 0 Å². The number of hydrogen-bond acceptors (Lipinski definition) is 3. The Hall–Kier alpha value is -1.84. The zero-order chi connectivity index (χ0) is 13.1. The molecule has 1 heterocycles. The van der Waals surface area contributed by atoms with Crippen molar-refractivity contribution in [2.75, 3.05) is 13.7 Å². The highest BCUT2D eigenvalue weighted by Crippen LogP contribution is 2.28. The normalized spacial score (nSPS) is 20.9. The lowest BCUT2D eigenvalue weighted by molar-refractivity contribution is -0.145. The molecule has 0 unspecified atom stereocenters. The highest BCUT2D eigenvalue weighted by molar-refractivity contribution is 5.87. The van der Waals surface area contributed by atoms with E-state index in [0.29, 0.717) is 6.54 Å². The molecule has 0 aliphatic carbocycles. The predicted molar refractivity (Wildman–Crippen MR) is 66.7 cm³/mol. The quantitative estimate of drug-likeness (QED) is 0.765. The molecule has 0 saturated carbocycles. The molecule has 4 heteroatoms. The van der Waals surface area contributed by atoms with Crippen LogP contribution in [0.25, 0.3) is 0 Å². The topological polar surface area (TPSA) is 46.6 Å². The second kappa shape index (κ2) is 5.21. The highest BCUT2D eigenvalue weighted by atomic mass is 16.5. The molecule has 4 nitrogen and oxygen atoms in total. The predicted octanol–water partition coefficient (Wildman–Crippen LogP) is 1.77. The molecule has 1 amide bonds. The van der Waals surface area contributed by atoms with Crippen LogP contribution in [0.15, 0.2) is 30.3 Å². The zero-order valence-corrected chi connectivity index (χ0v) is 10.6. The Kier molecular flexibility index (Phi) is 3.65. The Morgan fingerprint density at radius 1 is 1.39 bits per heavy atom. The number of hydrogen-bond donors (Lipinski definition) is 0. The van der Waals surface area contributed by atoms with Gasteiger partial charge in [0.25, 0.3) is 0 Å². The largest absolute Gasteiger partial charge is 0.469 e. The molecule has 0 aromatic heterocycles. The molecular formula is C14H17NO3. The lowest BCUT2D eigenvalue weighted by Crippen LogP contribution is -2.29. The van der Waals surface area contributed by atoms with E-state index >= 15 is 0 Å². The number of benzene rings is 1. The van der Waals surface area contributed by atoms with Gasteiger partial charge in [-0.25, -0.2) is 0 Å². The molecule has 18 heavy (non-hydrogen) atoms. The second-order valence-electron chi connectivity index (χ2n) is 4.56. The van der Waals surface area contributed by atoms with Gasteiger partial charge in [0.2, 0.25) is 5.91 Å². The fraction of sp³-hybridized carbons (Fsp3) is 0.429. The molecule has 1 aromatic rings. The number of carbonyl (C=O) groups is 2. The first-order valence-electron chi connectivity index (χ1n) is 6.05. The summed E-state index contributed by atoms with van der Waals surface area (Å²) in [4.78, 5) is 25.1. The van der Waals surface area contributed by atoms with Crippen molar-refractivity contribution in [2.24, 2.45) is 5.92 Å². The molecule has 1 fully saturated rings. The van der Waals surface area contributed by atoms with E-state index in [1.54, 1.807) is 4.90 Å². The molecule has 2 atom stereocenters. The molecule has 1 aliphatic rings. The summed E-state index contributed by atoms with van der Waals surface area (Å²) < 4.78 is 4.70. The summed E-state index contributed by atoms with van der Waals surface area (Å²) in [5.41, 5.74) is 1.08. The fourth-order valence-corrected chi connectivity index (χ4v) is 2.34. The summed E-state index contributed by atoms with van der Waals surface area (Å²) in [6.45, 7) is 2.43. The molecule has 1 aromatic carbocycles. The minimum absolute atomic E-state index is 0.00615. The van der Waals surface area contributed by atoms with Crippen LogP contribution < -0.4 is 0 Å². The number of rotatable bonds is 3. The van der Waals surface area contributed by atoms with Gasteiger partial charge in [0.05, 0.1) is 19.1 Å². The molecule has 96 valence electrons. The van der Waals surface area contributed by atoms with Crippen LogP contribution in [-0.4, -0.2) is 30.4 Å². The van der Waals surface area contributed by atoms with E-state index in [-0.39, 0.29) is 30.3 Å². The lowest BCUT2D eigenvalue weighted by atomic mass is 10.1. The minimum atomic E-state index is -0.325. The van der Waals surface area contributed by atoms with E-state index in [2.05, 4.69) is 0 Å². The number of methoxy groups -OCH3 is 1. The van der Waals surface area contributed by atoms with E-state index in [0.717, 1.165) is 5.56 Å². The zero-order valence-electron chi connectivity index (χ0n) is 10.6. The molecule has 0 N–H and O–H groups in total. The fourth-order valence-electron chi connectivity index (χ4n) is 2.34. The Balaban J connectivity index is 2.10. The van der Waals surface area contributed by atoms with Crippen molar-refractivity contribution < 1.29 is 14.3 Å². The summed E-state index contributed by atoms with van der Waals surface area (Å²) in [5, 5.41) is 0. The van der Waals surface area contributed by atoms with E-state index < -0.39 is 0 Å². The summed E-state index contributed by atoms with van der Waals surface area (Å²) in [5.74, 6) is -0.610. The number of ether oxygens (including phenoxy) is 1. The first-order chi connectivity index (χ1) is 8.63. The van der Waals surface area contributed by atoms with Crippen molar-refractivity contribution in [3.05, 3.63) is 35.9 Å². The number of carbonyl (C=O) groups excluding carboxylic acids is 2. The summed E-state index contributed by atoms with van der Waals surface area (Å²) in [6, 6.07) is 9.81. The molecule has 0 spiro atoms. The number of amides is 1. The van der Waals surface area contributed by atoms with E-state index in [1.165, 1.54) is 7.11 Å². The first kappa shape index (κ1) is 12.6. The summed E-state index contributed by atoms with van der Waals surface area (Å²) >= 11 is 0.